The number of fused-ring (bicyclic) bond motifs is 1. The zero-order valence-corrected chi connectivity index (χ0v) is 12.2. The van der Waals surface area contributed by atoms with Gasteiger partial charge in [-0.25, -0.2) is 0 Å². The van der Waals surface area contributed by atoms with Gasteiger partial charge < -0.3 is 10.2 Å². The van der Waals surface area contributed by atoms with E-state index in [9.17, 15) is 15.5 Å². The fraction of sp³-hybridized carbons (Fsp3) is 0.278. The molecule has 0 aliphatic heterocycles. The number of aromatic hydroxyl groups is 2. The van der Waals surface area contributed by atoms with Crippen LogP contribution in [0, 0.1) is 18.3 Å². The van der Waals surface area contributed by atoms with Crippen molar-refractivity contribution in [1.29, 1.82) is 5.26 Å². The van der Waals surface area contributed by atoms with Crippen LogP contribution in [0.25, 0.3) is 5.69 Å². The number of nitriles is 1. The van der Waals surface area contributed by atoms with Crippen molar-refractivity contribution in [2.45, 2.75) is 31.6 Å². The fourth-order valence-electron chi connectivity index (χ4n) is 3.73. The van der Waals surface area contributed by atoms with Gasteiger partial charge in [0.1, 0.15) is 0 Å². The van der Waals surface area contributed by atoms with Crippen molar-refractivity contribution in [3.63, 3.8) is 0 Å². The van der Waals surface area contributed by atoms with Crippen molar-refractivity contribution in [3.8, 4) is 23.5 Å². The minimum absolute atomic E-state index is 0.0966. The predicted molar refractivity (Wildman–Crippen MR) is 82.4 cm³/mol. The van der Waals surface area contributed by atoms with E-state index in [-0.39, 0.29) is 23.6 Å². The molecule has 5 rings (SSSR count). The van der Waals surface area contributed by atoms with Gasteiger partial charge in [0.15, 0.2) is 0 Å². The topological polar surface area (TPSA) is 69.2 Å². The van der Waals surface area contributed by atoms with Gasteiger partial charge in [-0.15, -0.1) is 0 Å². The molecule has 0 radical (unpaired) electrons. The normalized spacial score (nSPS) is 21.6. The molecule has 0 fully saturated rings. The van der Waals surface area contributed by atoms with E-state index in [1.165, 1.54) is 4.57 Å². The molecule has 2 N–H and O–H groups in total. The Balaban J connectivity index is 1.95. The van der Waals surface area contributed by atoms with E-state index in [1.54, 1.807) is 6.07 Å². The summed E-state index contributed by atoms with van der Waals surface area (Å²) in [5.41, 5.74) is 3.73. The van der Waals surface area contributed by atoms with Crippen LogP contribution < -0.4 is 0 Å². The monoisotopic (exact) mass is 292 g/mol. The average Bonchev–Trinajstić information content (AvgIpc) is 2.83. The van der Waals surface area contributed by atoms with Gasteiger partial charge >= 0.3 is 0 Å². The second kappa shape index (κ2) is 4.41. The zero-order valence-electron chi connectivity index (χ0n) is 12.2. The Morgan fingerprint density at radius 1 is 1.09 bits per heavy atom. The third-order valence-electron chi connectivity index (χ3n) is 4.90. The minimum atomic E-state index is 0.0966. The summed E-state index contributed by atoms with van der Waals surface area (Å²) in [6.45, 7) is 1.87. The van der Waals surface area contributed by atoms with Gasteiger partial charge in [-0.3, -0.25) is 4.57 Å². The largest absolute Gasteiger partial charge is 0.494 e. The van der Waals surface area contributed by atoms with E-state index in [4.69, 9.17) is 0 Å². The predicted octanol–water partition coefficient (Wildman–Crippen LogP) is 3.60. The smallest absolute Gasteiger partial charge is 0.202 e. The lowest BCUT2D eigenvalue weighted by Gasteiger charge is -2.30. The third-order valence-corrected chi connectivity index (χ3v) is 4.90. The Bertz CT molecular complexity index is 817. The minimum Gasteiger partial charge on any atom is -0.494 e. The van der Waals surface area contributed by atoms with Gasteiger partial charge in [-0.05, 0) is 37.5 Å². The van der Waals surface area contributed by atoms with E-state index < -0.39 is 0 Å². The van der Waals surface area contributed by atoms with Crippen LogP contribution in [0.4, 0.5) is 0 Å². The SMILES string of the molecule is Cc1ccc(-n2c(O)c3c(c2O)[C@H]2C=C[C@@H]3CC2)cc1C#N. The molecule has 0 saturated heterocycles. The molecule has 3 aliphatic rings. The van der Waals surface area contributed by atoms with Gasteiger partial charge in [0.05, 0.1) is 17.3 Å². The van der Waals surface area contributed by atoms with Crippen LogP contribution in [0.15, 0.2) is 30.4 Å². The van der Waals surface area contributed by atoms with Crippen LogP contribution in [-0.4, -0.2) is 14.8 Å². The van der Waals surface area contributed by atoms with Crippen molar-refractivity contribution in [3.05, 3.63) is 52.6 Å². The molecule has 2 atom stereocenters. The average molecular weight is 292 g/mol. The van der Waals surface area contributed by atoms with Gasteiger partial charge in [0.25, 0.3) is 0 Å². The summed E-state index contributed by atoms with van der Waals surface area (Å²) < 4.78 is 1.46. The number of hydrogen-bond donors (Lipinski definition) is 2. The molecular weight excluding hydrogens is 276 g/mol. The number of nitrogens with zero attached hydrogens (tertiary/aromatic N) is 2. The van der Waals surface area contributed by atoms with Crippen molar-refractivity contribution >= 4 is 0 Å². The first-order valence-corrected chi connectivity index (χ1v) is 7.47. The van der Waals surface area contributed by atoms with Crippen LogP contribution in [-0.2, 0) is 0 Å². The molecule has 1 aromatic carbocycles. The van der Waals surface area contributed by atoms with E-state index in [0.29, 0.717) is 11.3 Å². The quantitative estimate of drug-likeness (QED) is 0.789. The number of aryl methyl sites for hydroxylation is 1. The Morgan fingerprint density at radius 2 is 1.68 bits per heavy atom. The van der Waals surface area contributed by atoms with E-state index >= 15 is 0 Å². The Labute approximate surface area is 128 Å². The van der Waals surface area contributed by atoms with Crippen molar-refractivity contribution < 1.29 is 10.2 Å². The highest BCUT2D eigenvalue weighted by atomic mass is 16.3. The Morgan fingerprint density at radius 3 is 2.18 bits per heavy atom. The lowest BCUT2D eigenvalue weighted by Crippen LogP contribution is -2.15. The summed E-state index contributed by atoms with van der Waals surface area (Å²) in [5, 5.41) is 30.5. The second-order valence-corrected chi connectivity index (χ2v) is 6.10. The number of aromatic nitrogens is 1. The molecular formula is C18H16N2O2. The molecule has 0 spiro atoms. The molecule has 110 valence electrons. The van der Waals surface area contributed by atoms with E-state index in [0.717, 1.165) is 29.5 Å². The molecule has 2 aromatic rings. The van der Waals surface area contributed by atoms with Gasteiger partial charge in [-0.2, -0.15) is 5.26 Å². The zero-order chi connectivity index (χ0) is 15.4. The van der Waals surface area contributed by atoms with E-state index in [2.05, 4.69) is 18.2 Å². The highest BCUT2D eigenvalue weighted by molar-refractivity contribution is 5.61. The standard InChI is InChI=1S/C18H16N2O2/c1-10-2-7-14(8-13(10)9-19)20-17(21)15-11-3-4-12(6-5-11)16(15)18(20)22/h2-4,7-8,11-12,21-22H,5-6H2,1H3/t11-,12+. The second-order valence-electron chi connectivity index (χ2n) is 6.10. The Hall–Kier alpha value is -2.67. The molecule has 4 nitrogen and oxygen atoms in total. The summed E-state index contributed by atoms with van der Waals surface area (Å²) in [5.74, 6) is 0.541. The Kier molecular flexibility index (Phi) is 2.61. The van der Waals surface area contributed by atoms with Gasteiger partial charge in [0, 0.05) is 23.0 Å². The highest BCUT2D eigenvalue weighted by Gasteiger charge is 2.37. The van der Waals surface area contributed by atoms with Crippen LogP contribution in [0.2, 0.25) is 0 Å². The van der Waals surface area contributed by atoms with Gasteiger partial charge in [-0.1, -0.05) is 18.2 Å². The van der Waals surface area contributed by atoms with Crippen molar-refractivity contribution in [1.82, 2.24) is 4.57 Å². The van der Waals surface area contributed by atoms with Crippen LogP contribution in [0.3, 0.4) is 0 Å². The van der Waals surface area contributed by atoms with Crippen molar-refractivity contribution in [2.24, 2.45) is 0 Å². The molecule has 0 saturated carbocycles. The van der Waals surface area contributed by atoms with Crippen LogP contribution in [0.5, 0.6) is 11.8 Å². The lowest BCUT2D eigenvalue weighted by molar-refractivity contribution is 0.399. The maximum absolute atomic E-state index is 10.7. The number of hydrogen-bond acceptors (Lipinski definition) is 3. The number of allylic oxidation sites excluding steroid dienone is 2. The number of rotatable bonds is 1. The molecule has 2 bridgehead atoms. The molecule has 1 heterocycles. The summed E-state index contributed by atoms with van der Waals surface area (Å²) >= 11 is 0. The third kappa shape index (κ3) is 1.57. The molecule has 4 heteroatoms. The lowest BCUT2D eigenvalue weighted by atomic mass is 9.73. The van der Waals surface area contributed by atoms with Crippen molar-refractivity contribution in [2.75, 3.05) is 0 Å². The summed E-state index contributed by atoms with van der Waals surface area (Å²) in [6.07, 6.45) is 6.25. The first-order chi connectivity index (χ1) is 10.6. The molecule has 0 unspecified atom stereocenters. The van der Waals surface area contributed by atoms with Crippen LogP contribution in [0.1, 0.15) is 46.9 Å². The summed E-state index contributed by atoms with van der Waals surface area (Å²) in [6, 6.07) is 7.50. The summed E-state index contributed by atoms with van der Waals surface area (Å²) in [4.78, 5) is 0. The maximum Gasteiger partial charge on any atom is 0.202 e. The molecule has 1 aromatic heterocycles. The molecule has 0 amide bonds. The molecule has 22 heavy (non-hydrogen) atoms. The van der Waals surface area contributed by atoms with Gasteiger partial charge in [0.2, 0.25) is 11.8 Å². The highest BCUT2D eigenvalue weighted by Crippen LogP contribution is 2.54. The van der Waals surface area contributed by atoms with E-state index in [1.807, 2.05) is 19.1 Å². The molecule has 3 aliphatic carbocycles. The van der Waals surface area contributed by atoms with Crippen LogP contribution >= 0.6 is 0 Å². The first-order valence-electron chi connectivity index (χ1n) is 7.47. The number of benzene rings is 1. The first kappa shape index (κ1) is 13.0. The fourth-order valence-corrected chi connectivity index (χ4v) is 3.73. The maximum atomic E-state index is 10.7. The summed E-state index contributed by atoms with van der Waals surface area (Å²) in [7, 11) is 0.